The number of anilines is 4. The summed E-state index contributed by atoms with van der Waals surface area (Å²) >= 11 is 0. The van der Waals surface area contributed by atoms with Crippen molar-refractivity contribution in [3.8, 4) is 11.1 Å². The van der Waals surface area contributed by atoms with E-state index < -0.39 is 0 Å². The minimum atomic E-state index is 0. The van der Waals surface area contributed by atoms with Crippen molar-refractivity contribution in [2.45, 2.75) is 13.3 Å². The monoisotopic (exact) mass is 569 g/mol. The summed E-state index contributed by atoms with van der Waals surface area (Å²) in [5.74, 6) is 1.61. The van der Waals surface area contributed by atoms with Crippen LogP contribution in [0.2, 0.25) is 0 Å². The van der Waals surface area contributed by atoms with Gasteiger partial charge in [0.05, 0.1) is 0 Å². The van der Waals surface area contributed by atoms with E-state index in [4.69, 9.17) is 0 Å². The molecule has 0 atom stereocenters. The quantitative estimate of drug-likeness (QED) is 0.287. The van der Waals surface area contributed by atoms with Gasteiger partial charge in [-0.2, -0.15) is 18.2 Å². The first-order valence-electron chi connectivity index (χ1n) is 9.74. The topological polar surface area (TPSA) is 32.3 Å². The summed E-state index contributed by atoms with van der Waals surface area (Å²) in [6.45, 7) is 4.22. The van der Waals surface area contributed by atoms with Crippen molar-refractivity contribution in [2.24, 2.45) is 0 Å². The Morgan fingerprint density at radius 1 is 0.867 bits per heavy atom. The second kappa shape index (κ2) is 8.78. The van der Waals surface area contributed by atoms with E-state index in [0.29, 0.717) is 0 Å². The van der Waals surface area contributed by atoms with Crippen LogP contribution in [-0.4, -0.2) is 9.97 Å². The molecule has 1 aliphatic heterocycles. The number of benzene rings is 3. The molecule has 0 saturated heterocycles. The molecule has 4 aromatic rings. The number of fused-ring (bicyclic) bond motifs is 1. The van der Waals surface area contributed by atoms with Crippen LogP contribution in [0.25, 0.3) is 11.1 Å². The molecule has 0 bridgehead atoms. The maximum atomic E-state index is 4.60. The average Bonchev–Trinajstić information content (AvgIpc) is 3.19. The third-order valence-corrected chi connectivity index (χ3v) is 5.14. The van der Waals surface area contributed by atoms with Crippen molar-refractivity contribution in [3.05, 3.63) is 103 Å². The normalized spacial score (nSPS) is 12.4. The first kappa shape index (κ1) is 20.3. The molecule has 5 heteroatoms. The van der Waals surface area contributed by atoms with Crippen LogP contribution in [0.3, 0.4) is 0 Å². The van der Waals surface area contributed by atoms with Gasteiger partial charge in [-0.3, -0.25) is 0 Å². The predicted molar refractivity (Wildman–Crippen MR) is 117 cm³/mol. The maximum Gasteiger partial charge on any atom is 0.145 e. The zero-order valence-electron chi connectivity index (χ0n) is 16.5. The molecule has 0 spiro atoms. The molecule has 151 valence electrons. The number of para-hydroxylation sites is 1. The summed E-state index contributed by atoms with van der Waals surface area (Å²) in [7, 11) is 0. The van der Waals surface area contributed by atoms with E-state index in [1.807, 2.05) is 35.8 Å². The molecule has 0 unspecified atom stereocenters. The second-order valence-corrected chi connectivity index (χ2v) is 6.87. The molecule has 0 N–H and O–H groups in total. The van der Waals surface area contributed by atoms with E-state index in [-0.39, 0.29) is 20.1 Å². The van der Waals surface area contributed by atoms with Gasteiger partial charge in [0.15, 0.2) is 0 Å². The van der Waals surface area contributed by atoms with E-state index >= 15 is 0 Å². The van der Waals surface area contributed by atoms with Crippen molar-refractivity contribution < 1.29 is 20.1 Å². The van der Waals surface area contributed by atoms with Gasteiger partial charge < -0.3 is 9.80 Å². The smallest absolute Gasteiger partial charge is 0.145 e. The van der Waals surface area contributed by atoms with Gasteiger partial charge in [0.25, 0.3) is 0 Å². The standard InChI is InChI=1S/C25H20N4.Ir/c1-2-19-9-6-7-14-23(19)20-10-8-13-22(17-20)29-18-28(21-11-4-3-5-12-21)24-25(29)27-16-15-26-24;/h3-12,14-18H,2H2,1H3;/q-2;. The van der Waals surface area contributed by atoms with Gasteiger partial charge in [-0.05, 0) is 29.7 Å². The largest absolute Gasteiger partial charge is 0.477 e. The number of aromatic nitrogens is 2. The van der Waals surface area contributed by atoms with Crippen LogP contribution in [-0.2, 0) is 26.5 Å². The van der Waals surface area contributed by atoms with Gasteiger partial charge in [-0.15, -0.1) is 24.0 Å². The maximum absolute atomic E-state index is 4.60. The van der Waals surface area contributed by atoms with E-state index in [2.05, 4.69) is 76.4 Å². The molecule has 3 aromatic carbocycles. The number of hydrogen-bond donors (Lipinski definition) is 0. The van der Waals surface area contributed by atoms with Crippen molar-refractivity contribution in [1.29, 1.82) is 0 Å². The number of hydrogen-bond acceptors (Lipinski definition) is 4. The van der Waals surface area contributed by atoms with E-state index in [1.54, 1.807) is 12.4 Å². The fraction of sp³-hybridized carbons (Fsp3) is 0.0800. The van der Waals surface area contributed by atoms with E-state index in [1.165, 1.54) is 16.7 Å². The van der Waals surface area contributed by atoms with Crippen LogP contribution in [0.4, 0.5) is 23.0 Å². The SMILES string of the molecule is CCc1ccccc1-c1cc[c-]c(N2[CH-]N(c3ccccc3)c3nccnc32)c1.[Ir]. The summed E-state index contributed by atoms with van der Waals surface area (Å²) in [6, 6.07) is 28.4. The molecule has 0 saturated carbocycles. The van der Waals surface area contributed by atoms with Gasteiger partial charge in [0, 0.05) is 38.2 Å². The molecular weight excluding hydrogens is 549 g/mol. The number of aryl methyl sites for hydroxylation is 1. The summed E-state index contributed by atoms with van der Waals surface area (Å²) in [5.41, 5.74) is 5.75. The molecular formula is C25H20IrN4-2. The molecule has 0 amide bonds. The molecule has 5 rings (SSSR count). The fourth-order valence-electron chi connectivity index (χ4n) is 3.71. The summed E-state index contributed by atoms with van der Waals surface area (Å²) in [6.07, 6.45) is 4.45. The van der Waals surface area contributed by atoms with Gasteiger partial charge in [-0.1, -0.05) is 49.4 Å². The van der Waals surface area contributed by atoms with Gasteiger partial charge in [0.1, 0.15) is 11.6 Å². The molecule has 2 heterocycles. The molecule has 4 nitrogen and oxygen atoms in total. The van der Waals surface area contributed by atoms with Gasteiger partial charge in [0.2, 0.25) is 0 Å². The zero-order chi connectivity index (χ0) is 19.6. The minimum absolute atomic E-state index is 0. The van der Waals surface area contributed by atoms with Crippen molar-refractivity contribution in [2.75, 3.05) is 9.80 Å². The molecule has 1 aliphatic rings. The van der Waals surface area contributed by atoms with E-state index in [9.17, 15) is 0 Å². The Kier molecular flexibility index (Phi) is 5.93. The fourth-order valence-corrected chi connectivity index (χ4v) is 3.71. The van der Waals surface area contributed by atoms with Gasteiger partial charge >= 0.3 is 0 Å². The summed E-state index contributed by atoms with van der Waals surface area (Å²) < 4.78 is 0. The average molecular weight is 569 g/mol. The number of rotatable bonds is 4. The van der Waals surface area contributed by atoms with Gasteiger partial charge in [-0.25, -0.2) is 9.97 Å². The zero-order valence-corrected chi connectivity index (χ0v) is 18.9. The Labute approximate surface area is 190 Å². The Morgan fingerprint density at radius 2 is 1.57 bits per heavy atom. The molecule has 1 radical (unpaired) electrons. The third-order valence-electron chi connectivity index (χ3n) is 5.14. The van der Waals surface area contributed by atoms with Crippen LogP contribution < -0.4 is 9.80 Å². The molecule has 0 aliphatic carbocycles. The Hall–Kier alpha value is -3.01. The number of nitrogens with zero attached hydrogens (tertiary/aromatic N) is 4. The van der Waals surface area contributed by atoms with Crippen LogP contribution in [0.1, 0.15) is 12.5 Å². The van der Waals surface area contributed by atoms with Crippen molar-refractivity contribution in [3.63, 3.8) is 0 Å². The van der Waals surface area contributed by atoms with Crippen LogP contribution in [0.5, 0.6) is 0 Å². The predicted octanol–water partition coefficient (Wildman–Crippen LogP) is 5.91. The molecule has 1 aromatic heterocycles. The summed E-state index contributed by atoms with van der Waals surface area (Å²) in [5, 5.41) is 0. The first-order valence-corrected chi connectivity index (χ1v) is 9.74. The van der Waals surface area contributed by atoms with Crippen LogP contribution in [0, 0.1) is 12.7 Å². The Morgan fingerprint density at radius 3 is 2.33 bits per heavy atom. The second-order valence-electron chi connectivity index (χ2n) is 6.87. The minimum Gasteiger partial charge on any atom is -0.477 e. The molecule has 0 fully saturated rings. The van der Waals surface area contributed by atoms with Crippen molar-refractivity contribution in [1.82, 2.24) is 9.97 Å². The van der Waals surface area contributed by atoms with Crippen LogP contribution >= 0.6 is 0 Å². The third kappa shape index (κ3) is 3.62. The molecule has 30 heavy (non-hydrogen) atoms. The first-order chi connectivity index (χ1) is 14.3. The summed E-state index contributed by atoms with van der Waals surface area (Å²) in [4.78, 5) is 13.3. The Balaban J connectivity index is 0.00000218. The Bertz CT molecular complexity index is 1150. The van der Waals surface area contributed by atoms with E-state index in [0.717, 1.165) is 29.4 Å². The van der Waals surface area contributed by atoms with Crippen molar-refractivity contribution >= 4 is 23.0 Å². The van der Waals surface area contributed by atoms with Crippen LogP contribution in [0.15, 0.2) is 85.2 Å².